The number of aromatic nitrogens is 6. The molecule has 0 atom stereocenters. The predicted molar refractivity (Wildman–Crippen MR) is 65.1 cm³/mol. The van der Waals surface area contributed by atoms with Crippen LogP contribution in [0.2, 0.25) is 5.28 Å². The smallest absolute Gasteiger partial charge is 0.223 e. The van der Waals surface area contributed by atoms with Gasteiger partial charge in [-0.25, -0.2) is 9.37 Å². The molecule has 0 fully saturated rings. The third-order valence-electron chi connectivity index (χ3n) is 2.33. The minimum absolute atomic E-state index is 0.0428. The van der Waals surface area contributed by atoms with E-state index in [1.165, 1.54) is 23.4 Å². The first-order chi connectivity index (χ1) is 9.24. The van der Waals surface area contributed by atoms with Gasteiger partial charge in [0.25, 0.3) is 5.95 Å². The monoisotopic (exact) mass is 276 g/mol. The third-order valence-corrected chi connectivity index (χ3v) is 2.50. The molecule has 0 saturated carbocycles. The summed E-state index contributed by atoms with van der Waals surface area (Å²) in [6.07, 6.45) is 2.75. The summed E-state index contributed by atoms with van der Waals surface area (Å²) in [6.45, 7) is 0. The minimum atomic E-state index is -0.436. The zero-order valence-electron chi connectivity index (χ0n) is 9.40. The maximum Gasteiger partial charge on any atom is 0.256 e. The minimum Gasteiger partial charge on any atom is -0.223 e. The van der Waals surface area contributed by atoms with Crippen molar-refractivity contribution in [2.45, 2.75) is 0 Å². The summed E-state index contributed by atoms with van der Waals surface area (Å²) in [7, 11) is 0. The second-order valence-corrected chi connectivity index (χ2v) is 3.89. The van der Waals surface area contributed by atoms with Crippen molar-refractivity contribution in [2.24, 2.45) is 0 Å². The van der Waals surface area contributed by atoms with E-state index < -0.39 is 5.82 Å². The van der Waals surface area contributed by atoms with Crippen LogP contribution in [0.4, 0.5) is 4.39 Å². The maximum atomic E-state index is 13.7. The molecule has 0 spiro atoms. The van der Waals surface area contributed by atoms with Crippen LogP contribution in [0.25, 0.3) is 17.3 Å². The summed E-state index contributed by atoms with van der Waals surface area (Å²) >= 11 is 5.82. The summed E-state index contributed by atoms with van der Waals surface area (Å²) in [5.74, 6) is -0.117. The highest BCUT2D eigenvalue weighted by Crippen LogP contribution is 2.20. The molecule has 0 aliphatic carbocycles. The van der Waals surface area contributed by atoms with Crippen molar-refractivity contribution in [1.82, 2.24) is 29.7 Å². The van der Waals surface area contributed by atoms with Gasteiger partial charge in [0.2, 0.25) is 5.28 Å². The number of hydrogen-bond donors (Lipinski definition) is 0. The summed E-state index contributed by atoms with van der Waals surface area (Å²) < 4.78 is 15.0. The first kappa shape index (κ1) is 11.7. The lowest BCUT2D eigenvalue weighted by atomic mass is 10.2. The zero-order chi connectivity index (χ0) is 13.2. The average Bonchev–Trinajstić information content (AvgIpc) is 2.92. The van der Waals surface area contributed by atoms with E-state index >= 15 is 0 Å². The molecule has 0 amide bonds. The Kier molecular flexibility index (Phi) is 2.88. The molecular formula is C11H6ClFN6. The predicted octanol–water partition coefficient (Wildman–Crippen LogP) is 1.91. The summed E-state index contributed by atoms with van der Waals surface area (Å²) in [5.41, 5.74) is 0.244. The van der Waals surface area contributed by atoms with E-state index in [-0.39, 0.29) is 22.6 Å². The first-order valence-corrected chi connectivity index (χ1v) is 5.63. The van der Waals surface area contributed by atoms with E-state index in [1.807, 2.05) is 0 Å². The Balaban J connectivity index is 2.16. The van der Waals surface area contributed by atoms with Gasteiger partial charge in [-0.3, -0.25) is 0 Å². The van der Waals surface area contributed by atoms with Gasteiger partial charge in [-0.1, -0.05) is 12.1 Å². The van der Waals surface area contributed by atoms with Crippen LogP contribution in [-0.2, 0) is 0 Å². The Morgan fingerprint density at radius 3 is 2.68 bits per heavy atom. The number of nitrogens with zero attached hydrogens (tertiary/aromatic N) is 6. The summed E-state index contributed by atoms with van der Waals surface area (Å²) in [5, 5.41) is 3.84. The molecule has 0 N–H and O–H groups in total. The first-order valence-electron chi connectivity index (χ1n) is 5.25. The van der Waals surface area contributed by atoms with Gasteiger partial charge in [0.05, 0.1) is 5.56 Å². The number of rotatable bonds is 2. The van der Waals surface area contributed by atoms with Gasteiger partial charge in [0.1, 0.15) is 18.5 Å². The summed E-state index contributed by atoms with van der Waals surface area (Å²) in [6, 6.07) is 6.15. The standard InChI is InChI=1S/C11H6ClFN6/c12-10-16-9(7-3-1-2-4-8(7)13)17-11(18-10)19-6-14-5-15-19/h1-6H. The number of benzene rings is 1. The van der Waals surface area contributed by atoms with Gasteiger partial charge >= 0.3 is 0 Å². The molecule has 0 aliphatic rings. The lowest BCUT2D eigenvalue weighted by Gasteiger charge is -2.04. The fourth-order valence-electron chi connectivity index (χ4n) is 1.52. The van der Waals surface area contributed by atoms with Gasteiger partial charge in [-0.15, -0.1) is 0 Å². The van der Waals surface area contributed by atoms with Crippen LogP contribution in [-0.4, -0.2) is 29.7 Å². The highest BCUT2D eigenvalue weighted by molar-refractivity contribution is 6.28. The van der Waals surface area contributed by atoms with Crippen LogP contribution in [0.1, 0.15) is 0 Å². The molecule has 0 radical (unpaired) electrons. The second kappa shape index (κ2) is 4.69. The van der Waals surface area contributed by atoms with Gasteiger partial charge in [-0.05, 0) is 23.7 Å². The maximum absolute atomic E-state index is 13.7. The zero-order valence-corrected chi connectivity index (χ0v) is 10.2. The number of hydrogen-bond acceptors (Lipinski definition) is 5. The van der Waals surface area contributed by atoms with Crippen LogP contribution in [0, 0.1) is 5.82 Å². The van der Waals surface area contributed by atoms with Crippen LogP contribution >= 0.6 is 11.6 Å². The van der Waals surface area contributed by atoms with E-state index in [0.29, 0.717) is 0 Å². The highest BCUT2D eigenvalue weighted by Gasteiger charge is 2.12. The second-order valence-electron chi connectivity index (χ2n) is 3.55. The molecule has 3 rings (SSSR count). The fraction of sp³-hybridized carbons (Fsp3) is 0. The Hall–Kier alpha value is -2.41. The van der Waals surface area contributed by atoms with Crippen molar-refractivity contribution in [3.63, 3.8) is 0 Å². The molecule has 94 valence electrons. The molecule has 1 aromatic carbocycles. The van der Waals surface area contributed by atoms with Gasteiger partial charge in [0.15, 0.2) is 5.82 Å². The van der Waals surface area contributed by atoms with Crippen LogP contribution < -0.4 is 0 Å². The van der Waals surface area contributed by atoms with Crippen LogP contribution in [0.3, 0.4) is 0 Å². The Morgan fingerprint density at radius 2 is 1.95 bits per heavy atom. The van der Waals surface area contributed by atoms with E-state index in [2.05, 4.69) is 25.0 Å². The fourth-order valence-corrected chi connectivity index (χ4v) is 1.67. The van der Waals surface area contributed by atoms with Crippen molar-refractivity contribution in [3.05, 3.63) is 48.0 Å². The highest BCUT2D eigenvalue weighted by atomic mass is 35.5. The van der Waals surface area contributed by atoms with Gasteiger partial charge in [-0.2, -0.15) is 24.7 Å². The SMILES string of the molecule is Fc1ccccc1-c1nc(Cl)nc(-n2cncn2)n1. The van der Waals surface area contributed by atoms with Gasteiger partial charge in [0, 0.05) is 0 Å². The molecule has 0 bridgehead atoms. The van der Waals surface area contributed by atoms with Crippen molar-refractivity contribution in [3.8, 4) is 17.3 Å². The van der Waals surface area contributed by atoms with Crippen molar-refractivity contribution < 1.29 is 4.39 Å². The van der Waals surface area contributed by atoms with Crippen molar-refractivity contribution in [1.29, 1.82) is 0 Å². The molecule has 6 nitrogen and oxygen atoms in total. The molecule has 0 aliphatic heterocycles. The normalized spacial score (nSPS) is 10.6. The average molecular weight is 277 g/mol. The Labute approximate surface area is 112 Å². The molecule has 19 heavy (non-hydrogen) atoms. The van der Waals surface area contributed by atoms with Crippen molar-refractivity contribution >= 4 is 11.6 Å². The molecule has 2 heterocycles. The molecule has 8 heteroatoms. The quantitative estimate of drug-likeness (QED) is 0.715. The number of halogens is 2. The lowest BCUT2D eigenvalue weighted by molar-refractivity contribution is 0.629. The van der Waals surface area contributed by atoms with E-state index in [4.69, 9.17) is 11.6 Å². The molecular weight excluding hydrogens is 271 g/mol. The molecule has 2 aromatic heterocycles. The van der Waals surface area contributed by atoms with E-state index in [0.717, 1.165) is 0 Å². The van der Waals surface area contributed by atoms with Crippen LogP contribution in [0.15, 0.2) is 36.9 Å². The Bertz CT molecular complexity index is 715. The van der Waals surface area contributed by atoms with Gasteiger partial charge < -0.3 is 0 Å². The summed E-state index contributed by atoms with van der Waals surface area (Å²) in [4.78, 5) is 15.7. The largest absolute Gasteiger partial charge is 0.256 e. The third kappa shape index (κ3) is 2.27. The molecule has 3 aromatic rings. The lowest BCUT2D eigenvalue weighted by Crippen LogP contribution is -2.05. The van der Waals surface area contributed by atoms with Crippen LogP contribution in [0.5, 0.6) is 0 Å². The van der Waals surface area contributed by atoms with E-state index in [1.54, 1.807) is 18.2 Å². The molecule has 0 unspecified atom stereocenters. The van der Waals surface area contributed by atoms with E-state index in [9.17, 15) is 4.39 Å². The van der Waals surface area contributed by atoms with Crippen molar-refractivity contribution in [2.75, 3.05) is 0 Å². The Morgan fingerprint density at radius 1 is 1.11 bits per heavy atom. The topological polar surface area (TPSA) is 69.4 Å². The molecule has 0 saturated heterocycles.